The van der Waals surface area contributed by atoms with E-state index in [1.807, 2.05) is 11.9 Å². The third-order valence-corrected chi connectivity index (χ3v) is 3.75. The summed E-state index contributed by atoms with van der Waals surface area (Å²) in [4.78, 5) is 13.8. The number of hydrogen-bond donors (Lipinski definition) is 1. The van der Waals surface area contributed by atoms with Gasteiger partial charge in [-0.2, -0.15) is 0 Å². The number of ether oxygens (including phenoxy) is 1. The molecule has 2 rings (SSSR count). The molecule has 0 unspecified atom stereocenters. The smallest absolute Gasteiger partial charge is 0.341 e. The summed E-state index contributed by atoms with van der Waals surface area (Å²) in [6, 6.07) is 1.63. The molecule has 20 heavy (non-hydrogen) atoms. The van der Waals surface area contributed by atoms with E-state index in [1.54, 1.807) is 13.0 Å². The molecule has 0 spiro atoms. The van der Waals surface area contributed by atoms with Crippen LogP contribution in [-0.4, -0.2) is 41.8 Å². The van der Waals surface area contributed by atoms with Crippen LogP contribution >= 0.6 is 0 Å². The Morgan fingerprint density at radius 2 is 2.20 bits per heavy atom. The molecule has 0 bridgehead atoms. The molecule has 0 aliphatic heterocycles. The Hall–Kier alpha value is -1.33. The molecule has 1 aliphatic rings. The van der Waals surface area contributed by atoms with Gasteiger partial charge in [0, 0.05) is 6.54 Å². The molecular weight excluding hydrogens is 258 g/mol. The van der Waals surface area contributed by atoms with Gasteiger partial charge >= 0.3 is 5.97 Å². The molecule has 0 aromatic carbocycles. The van der Waals surface area contributed by atoms with Gasteiger partial charge in [0.05, 0.1) is 25.0 Å². The summed E-state index contributed by atoms with van der Waals surface area (Å²) in [6.45, 7) is 3.21. The maximum atomic E-state index is 11.8. The zero-order valence-corrected chi connectivity index (χ0v) is 12.2. The molecule has 1 saturated carbocycles. The Morgan fingerprint density at radius 1 is 1.50 bits per heavy atom. The molecule has 0 amide bonds. The number of likely N-dealkylation sites (N-methyl/N-ethyl adjacent to an activating group) is 1. The van der Waals surface area contributed by atoms with Crippen LogP contribution in [-0.2, 0) is 11.3 Å². The standard InChI is InChI=1S/C15H23NO4/c1-3-19-14(17)12-6-9-20-13(12)10-16(2)11-15(18)7-4-5-8-15/h6,9,18H,3-5,7-8,10-11H2,1-2H3. The van der Waals surface area contributed by atoms with Gasteiger partial charge in [-0.05, 0) is 32.9 Å². The lowest BCUT2D eigenvalue weighted by molar-refractivity contribution is 0.0130. The van der Waals surface area contributed by atoms with Crippen molar-refractivity contribution in [3.8, 4) is 0 Å². The number of carbonyl (C=O) groups is 1. The molecule has 112 valence electrons. The number of aliphatic hydroxyl groups is 1. The van der Waals surface area contributed by atoms with E-state index in [0.29, 0.717) is 31.0 Å². The predicted octanol–water partition coefficient (Wildman–Crippen LogP) is 2.19. The van der Waals surface area contributed by atoms with Crippen LogP contribution in [0.1, 0.15) is 48.7 Å². The zero-order valence-electron chi connectivity index (χ0n) is 12.2. The van der Waals surface area contributed by atoms with E-state index < -0.39 is 5.60 Å². The molecule has 1 fully saturated rings. The van der Waals surface area contributed by atoms with Crippen molar-refractivity contribution in [3.63, 3.8) is 0 Å². The molecule has 1 heterocycles. The highest BCUT2D eigenvalue weighted by molar-refractivity contribution is 5.90. The van der Waals surface area contributed by atoms with Crippen molar-refractivity contribution in [2.75, 3.05) is 20.2 Å². The topological polar surface area (TPSA) is 62.9 Å². The summed E-state index contributed by atoms with van der Waals surface area (Å²) >= 11 is 0. The summed E-state index contributed by atoms with van der Waals surface area (Å²) < 4.78 is 10.4. The quantitative estimate of drug-likeness (QED) is 0.810. The summed E-state index contributed by atoms with van der Waals surface area (Å²) in [5.74, 6) is 0.233. The van der Waals surface area contributed by atoms with Gasteiger partial charge in [-0.3, -0.25) is 4.90 Å². The Kier molecular flexibility index (Phi) is 4.83. The van der Waals surface area contributed by atoms with Crippen LogP contribution < -0.4 is 0 Å². The van der Waals surface area contributed by atoms with Crippen molar-refractivity contribution < 1.29 is 19.1 Å². The maximum absolute atomic E-state index is 11.8. The van der Waals surface area contributed by atoms with Gasteiger partial charge < -0.3 is 14.3 Å². The van der Waals surface area contributed by atoms with Gasteiger partial charge in [0.2, 0.25) is 0 Å². The molecule has 1 N–H and O–H groups in total. The van der Waals surface area contributed by atoms with Crippen LogP contribution in [0.15, 0.2) is 16.7 Å². The largest absolute Gasteiger partial charge is 0.467 e. The average molecular weight is 281 g/mol. The van der Waals surface area contributed by atoms with E-state index in [0.717, 1.165) is 25.7 Å². The number of furan rings is 1. The summed E-state index contributed by atoms with van der Waals surface area (Å²) in [5.41, 5.74) is -0.122. The molecule has 1 aromatic rings. The highest BCUT2D eigenvalue weighted by Gasteiger charge is 2.32. The fraction of sp³-hybridized carbons (Fsp3) is 0.667. The molecule has 0 atom stereocenters. The van der Waals surface area contributed by atoms with E-state index in [9.17, 15) is 9.90 Å². The second kappa shape index (κ2) is 6.41. The van der Waals surface area contributed by atoms with Crippen LogP contribution in [0.4, 0.5) is 0 Å². The molecule has 5 nitrogen and oxygen atoms in total. The lowest BCUT2D eigenvalue weighted by atomic mass is 10.0. The number of carbonyl (C=O) groups excluding carboxylic acids is 1. The van der Waals surface area contributed by atoms with Gasteiger partial charge in [0.25, 0.3) is 0 Å². The van der Waals surface area contributed by atoms with Crippen molar-refractivity contribution in [3.05, 3.63) is 23.7 Å². The Morgan fingerprint density at radius 3 is 2.85 bits per heavy atom. The third-order valence-electron chi connectivity index (χ3n) is 3.75. The number of esters is 1. The Labute approximate surface area is 119 Å². The molecular formula is C15H23NO4. The normalized spacial score (nSPS) is 17.6. The van der Waals surface area contributed by atoms with E-state index in [2.05, 4.69) is 0 Å². The second-order valence-electron chi connectivity index (χ2n) is 5.58. The first-order chi connectivity index (χ1) is 9.54. The third kappa shape index (κ3) is 3.61. The minimum atomic E-state index is -0.592. The van der Waals surface area contributed by atoms with Gasteiger partial charge in [-0.25, -0.2) is 4.79 Å². The van der Waals surface area contributed by atoms with Crippen molar-refractivity contribution in [2.24, 2.45) is 0 Å². The minimum absolute atomic E-state index is 0.346. The first kappa shape index (κ1) is 15.1. The average Bonchev–Trinajstić information content (AvgIpc) is 2.98. The number of rotatable bonds is 6. The predicted molar refractivity (Wildman–Crippen MR) is 74.4 cm³/mol. The number of nitrogens with zero attached hydrogens (tertiary/aromatic N) is 1. The first-order valence-corrected chi connectivity index (χ1v) is 7.18. The lowest BCUT2D eigenvalue weighted by Crippen LogP contribution is -2.38. The molecule has 1 aromatic heterocycles. The van der Waals surface area contributed by atoms with Crippen LogP contribution in [0.2, 0.25) is 0 Å². The van der Waals surface area contributed by atoms with Crippen molar-refractivity contribution >= 4 is 5.97 Å². The summed E-state index contributed by atoms with van der Waals surface area (Å²) in [6.07, 6.45) is 5.36. The monoisotopic (exact) mass is 281 g/mol. The van der Waals surface area contributed by atoms with E-state index in [4.69, 9.17) is 9.15 Å². The molecule has 0 radical (unpaired) electrons. The van der Waals surface area contributed by atoms with E-state index in [1.165, 1.54) is 6.26 Å². The fourth-order valence-corrected chi connectivity index (χ4v) is 2.85. The van der Waals surface area contributed by atoms with Gasteiger partial charge in [-0.15, -0.1) is 0 Å². The van der Waals surface area contributed by atoms with E-state index in [-0.39, 0.29) is 5.97 Å². The Bertz CT molecular complexity index is 448. The summed E-state index contributed by atoms with van der Waals surface area (Å²) in [5, 5.41) is 10.4. The van der Waals surface area contributed by atoms with Crippen LogP contribution in [0.25, 0.3) is 0 Å². The highest BCUT2D eigenvalue weighted by Crippen LogP contribution is 2.30. The van der Waals surface area contributed by atoms with Gasteiger partial charge in [-0.1, -0.05) is 12.8 Å². The first-order valence-electron chi connectivity index (χ1n) is 7.18. The SMILES string of the molecule is CCOC(=O)c1ccoc1CN(C)CC1(O)CCCC1. The van der Waals surface area contributed by atoms with Gasteiger partial charge in [0.1, 0.15) is 11.3 Å². The van der Waals surface area contributed by atoms with Gasteiger partial charge in [0.15, 0.2) is 0 Å². The molecule has 5 heteroatoms. The number of hydrogen-bond acceptors (Lipinski definition) is 5. The zero-order chi connectivity index (χ0) is 14.6. The molecule has 0 saturated heterocycles. The van der Waals surface area contributed by atoms with E-state index >= 15 is 0 Å². The maximum Gasteiger partial charge on any atom is 0.341 e. The van der Waals surface area contributed by atoms with Crippen molar-refractivity contribution in [1.82, 2.24) is 4.90 Å². The minimum Gasteiger partial charge on any atom is -0.467 e. The lowest BCUT2D eigenvalue weighted by Gasteiger charge is -2.28. The second-order valence-corrected chi connectivity index (χ2v) is 5.58. The molecule has 1 aliphatic carbocycles. The van der Waals surface area contributed by atoms with Crippen molar-refractivity contribution in [2.45, 2.75) is 44.8 Å². The fourth-order valence-electron chi connectivity index (χ4n) is 2.85. The van der Waals surface area contributed by atoms with Crippen LogP contribution in [0.3, 0.4) is 0 Å². The summed E-state index contributed by atoms with van der Waals surface area (Å²) in [7, 11) is 1.92. The van der Waals surface area contributed by atoms with Crippen LogP contribution in [0, 0.1) is 0 Å². The highest BCUT2D eigenvalue weighted by atomic mass is 16.5. The van der Waals surface area contributed by atoms with Crippen LogP contribution in [0.5, 0.6) is 0 Å². The van der Waals surface area contributed by atoms with Crippen molar-refractivity contribution in [1.29, 1.82) is 0 Å². The Balaban J connectivity index is 1.96.